The van der Waals surface area contributed by atoms with Crippen LogP contribution >= 0.6 is 0 Å². The highest BCUT2D eigenvalue weighted by Gasteiger charge is 2.60. The van der Waals surface area contributed by atoms with Crippen LogP contribution in [-0.4, -0.2) is 16.9 Å². The highest BCUT2D eigenvalue weighted by atomic mass is 19.4. The number of nitrogens with zero attached hydrogens (tertiary/aromatic N) is 1. The molecule has 1 aliphatic carbocycles. The van der Waals surface area contributed by atoms with E-state index in [9.17, 15) is 18.0 Å². The fourth-order valence-electron chi connectivity index (χ4n) is 3.42. The Balaban J connectivity index is 2.07. The lowest BCUT2D eigenvalue weighted by Crippen LogP contribution is -2.49. The average Bonchev–Trinajstić information content (AvgIpc) is 2.50. The van der Waals surface area contributed by atoms with Crippen molar-refractivity contribution in [2.45, 2.75) is 31.4 Å². The molecule has 5 heteroatoms. The number of hydrogen-bond donors (Lipinski definition) is 0. The van der Waals surface area contributed by atoms with Gasteiger partial charge in [-0.05, 0) is 30.5 Å². The molecule has 1 atom stereocenters. The van der Waals surface area contributed by atoms with Gasteiger partial charge in [0.15, 0.2) is 5.78 Å². The minimum absolute atomic E-state index is 0.109. The van der Waals surface area contributed by atoms with Gasteiger partial charge in [0.25, 0.3) is 0 Å². The first-order chi connectivity index (χ1) is 11.0. The van der Waals surface area contributed by atoms with E-state index in [1.807, 2.05) is 0 Å². The summed E-state index contributed by atoms with van der Waals surface area (Å²) in [5, 5.41) is 0. The Kier molecular flexibility index (Phi) is 3.96. The van der Waals surface area contributed by atoms with E-state index in [0.29, 0.717) is 6.42 Å². The first kappa shape index (κ1) is 15.7. The molecule has 1 aliphatic rings. The van der Waals surface area contributed by atoms with Gasteiger partial charge in [-0.25, -0.2) is 0 Å². The number of rotatable bonds is 4. The van der Waals surface area contributed by atoms with E-state index >= 15 is 0 Å². The van der Waals surface area contributed by atoms with Gasteiger partial charge in [0.2, 0.25) is 0 Å². The maximum Gasteiger partial charge on any atom is 0.396 e. The molecule has 0 radical (unpaired) electrons. The third-order valence-corrected chi connectivity index (χ3v) is 4.61. The van der Waals surface area contributed by atoms with Crippen LogP contribution in [0.3, 0.4) is 0 Å². The van der Waals surface area contributed by atoms with E-state index in [-0.39, 0.29) is 24.1 Å². The van der Waals surface area contributed by atoms with Gasteiger partial charge < -0.3 is 0 Å². The Hall–Kier alpha value is -2.17. The number of carbonyl (C=O) groups is 1. The van der Waals surface area contributed by atoms with Gasteiger partial charge in [-0.2, -0.15) is 13.2 Å². The summed E-state index contributed by atoms with van der Waals surface area (Å²) in [6, 6.07) is 12.5. The predicted molar refractivity (Wildman–Crippen MR) is 80.1 cm³/mol. The second-order valence-electron chi connectivity index (χ2n) is 5.94. The monoisotopic (exact) mass is 319 g/mol. The highest BCUT2D eigenvalue weighted by Crippen LogP contribution is 2.58. The lowest BCUT2D eigenvalue weighted by atomic mass is 9.56. The minimum atomic E-state index is -4.48. The third-order valence-electron chi connectivity index (χ3n) is 4.61. The molecule has 1 aromatic heterocycles. The Bertz CT molecular complexity index is 678. The second-order valence-corrected chi connectivity index (χ2v) is 5.94. The predicted octanol–water partition coefficient (Wildman–Crippen LogP) is 4.78. The van der Waals surface area contributed by atoms with E-state index in [1.54, 1.807) is 30.3 Å². The van der Waals surface area contributed by atoms with Gasteiger partial charge in [-0.1, -0.05) is 42.8 Å². The van der Waals surface area contributed by atoms with E-state index in [2.05, 4.69) is 4.98 Å². The lowest BCUT2D eigenvalue weighted by molar-refractivity contribution is -0.181. The summed E-state index contributed by atoms with van der Waals surface area (Å²) >= 11 is 0. The van der Waals surface area contributed by atoms with Crippen molar-refractivity contribution in [1.29, 1.82) is 0 Å². The summed E-state index contributed by atoms with van der Waals surface area (Å²) in [6.45, 7) is 0. The maximum absolute atomic E-state index is 13.8. The van der Waals surface area contributed by atoms with Gasteiger partial charge in [0.1, 0.15) is 5.69 Å². The van der Waals surface area contributed by atoms with Crippen LogP contribution in [0.5, 0.6) is 0 Å². The molecule has 23 heavy (non-hydrogen) atoms. The zero-order chi connectivity index (χ0) is 16.5. The van der Waals surface area contributed by atoms with Crippen molar-refractivity contribution >= 4 is 5.78 Å². The number of benzene rings is 1. The van der Waals surface area contributed by atoms with Crippen molar-refractivity contribution in [3.05, 3.63) is 66.0 Å². The molecule has 0 saturated heterocycles. The number of aromatic nitrogens is 1. The molecule has 0 N–H and O–H groups in total. The maximum atomic E-state index is 13.8. The molecular formula is C18H16F3NO. The Morgan fingerprint density at radius 3 is 2.17 bits per heavy atom. The van der Waals surface area contributed by atoms with Crippen LogP contribution in [0.1, 0.15) is 41.2 Å². The zero-order valence-electron chi connectivity index (χ0n) is 12.4. The molecular weight excluding hydrogens is 303 g/mol. The number of hydrogen-bond acceptors (Lipinski definition) is 2. The van der Waals surface area contributed by atoms with Gasteiger partial charge in [-0.3, -0.25) is 9.78 Å². The number of alkyl halides is 3. The topological polar surface area (TPSA) is 30.0 Å². The Morgan fingerprint density at radius 1 is 1.04 bits per heavy atom. The molecule has 0 amide bonds. The zero-order valence-corrected chi connectivity index (χ0v) is 12.4. The van der Waals surface area contributed by atoms with Crippen LogP contribution in [0.4, 0.5) is 13.2 Å². The molecule has 0 spiro atoms. The molecule has 0 bridgehead atoms. The summed E-state index contributed by atoms with van der Waals surface area (Å²) < 4.78 is 41.5. The molecule has 1 fully saturated rings. The summed E-state index contributed by atoms with van der Waals surface area (Å²) in [7, 11) is 0. The quantitative estimate of drug-likeness (QED) is 0.759. The van der Waals surface area contributed by atoms with Crippen molar-refractivity contribution in [2.75, 3.05) is 0 Å². The third kappa shape index (κ3) is 2.76. The van der Waals surface area contributed by atoms with Crippen molar-refractivity contribution in [2.24, 2.45) is 5.41 Å². The number of carbonyl (C=O) groups excluding carboxylic acids is 1. The van der Waals surface area contributed by atoms with Crippen LogP contribution < -0.4 is 0 Å². The number of Topliss-reactive ketones (excluding diaryl/α,β-unsaturated/α-hetero) is 1. The SMILES string of the molecule is O=C(c1ccccn1)C1(C(c2ccccc2)C(F)(F)F)CCC1. The first-order valence-electron chi connectivity index (χ1n) is 7.53. The molecule has 0 aliphatic heterocycles. The van der Waals surface area contributed by atoms with E-state index < -0.39 is 23.3 Å². The summed E-state index contributed by atoms with van der Waals surface area (Å²) in [5.74, 6) is -2.30. The molecule has 1 saturated carbocycles. The van der Waals surface area contributed by atoms with Crippen molar-refractivity contribution in [3.63, 3.8) is 0 Å². The Morgan fingerprint density at radius 2 is 1.70 bits per heavy atom. The summed E-state index contributed by atoms with van der Waals surface area (Å²) in [5.41, 5.74) is -1.19. The van der Waals surface area contributed by atoms with E-state index in [0.717, 1.165) is 0 Å². The van der Waals surface area contributed by atoms with Gasteiger partial charge in [0, 0.05) is 6.20 Å². The standard InChI is InChI=1S/C18H16F3NO/c19-18(20,21)15(13-7-2-1-3-8-13)17(10-6-11-17)16(23)14-9-4-5-12-22-14/h1-5,7-9,12,15H,6,10-11H2. The summed E-state index contributed by atoms with van der Waals surface area (Å²) in [6.07, 6.45) is -1.95. The van der Waals surface area contributed by atoms with Crippen LogP contribution in [0, 0.1) is 5.41 Å². The minimum Gasteiger partial charge on any atom is -0.292 e. The van der Waals surface area contributed by atoms with Crippen LogP contribution in [0.25, 0.3) is 0 Å². The van der Waals surface area contributed by atoms with E-state index in [4.69, 9.17) is 0 Å². The number of ketones is 1. The van der Waals surface area contributed by atoms with Gasteiger partial charge in [-0.15, -0.1) is 0 Å². The van der Waals surface area contributed by atoms with E-state index in [1.165, 1.54) is 24.4 Å². The van der Waals surface area contributed by atoms with Crippen LogP contribution in [0.2, 0.25) is 0 Å². The largest absolute Gasteiger partial charge is 0.396 e. The van der Waals surface area contributed by atoms with Crippen molar-refractivity contribution < 1.29 is 18.0 Å². The molecule has 2 aromatic rings. The molecule has 1 heterocycles. The average molecular weight is 319 g/mol. The highest BCUT2D eigenvalue weighted by molar-refractivity contribution is 6.00. The molecule has 2 nitrogen and oxygen atoms in total. The smallest absolute Gasteiger partial charge is 0.292 e. The molecule has 1 unspecified atom stereocenters. The first-order valence-corrected chi connectivity index (χ1v) is 7.53. The van der Waals surface area contributed by atoms with Crippen LogP contribution in [0.15, 0.2) is 54.7 Å². The second kappa shape index (κ2) is 5.80. The number of halogens is 3. The Labute approximate surface area is 132 Å². The molecule has 1 aromatic carbocycles. The molecule has 120 valence electrons. The fourth-order valence-corrected chi connectivity index (χ4v) is 3.42. The fraction of sp³-hybridized carbons (Fsp3) is 0.333. The van der Waals surface area contributed by atoms with Gasteiger partial charge in [0.05, 0.1) is 11.3 Å². The lowest BCUT2D eigenvalue weighted by Gasteiger charge is -2.46. The van der Waals surface area contributed by atoms with Crippen molar-refractivity contribution in [3.8, 4) is 0 Å². The van der Waals surface area contributed by atoms with Gasteiger partial charge >= 0.3 is 6.18 Å². The normalized spacial score (nSPS) is 18.0. The van der Waals surface area contributed by atoms with Crippen molar-refractivity contribution in [1.82, 2.24) is 4.98 Å². The molecule has 3 rings (SSSR count). The summed E-state index contributed by atoms with van der Waals surface area (Å²) in [4.78, 5) is 16.8. The van der Waals surface area contributed by atoms with Crippen LogP contribution in [-0.2, 0) is 0 Å². The number of pyridine rings is 1.